The van der Waals surface area contributed by atoms with Crippen LogP contribution in [0.3, 0.4) is 0 Å². The molecule has 0 aromatic heterocycles. The van der Waals surface area contributed by atoms with E-state index in [-0.39, 0.29) is 0 Å². The van der Waals surface area contributed by atoms with Gasteiger partial charge in [-0.3, -0.25) is 0 Å². The SMILES string of the molecule is Cc1cc(OCCNCC2CCCCC2)cc(C)c1Cl. The first-order valence-electron chi connectivity index (χ1n) is 7.77. The molecule has 2 nitrogen and oxygen atoms in total. The van der Waals surface area contributed by atoms with Crippen molar-refractivity contribution in [2.24, 2.45) is 5.92 Å². The van der Waals surface area contributed by atoms with Crippen LogP contribution in [0, 0.1) is 19.8 Å². The third kappa shape index (κ3) is 4.68. The minimum absolute atomic E-state index is 0.716. The van der Waals surface area contributed by atoms with Gasteiger partial charge in [0.1, 0.15) is 12.4 Å². The molecule has 0 bridgehead atoms. The monoisotopic (exact) mass is 295 g/mol. The molecule has 1 N–H and O–H groups in total. The van der Waals surface area contributed by atoms with E-state index in [1.165, 1.54) is 32.1 Å². The van der Waals surface area contributed by atoms with Crippen LogP contribution in [-0.2, 0) is 0 Å². The molecule has 0 atom stereocenters. The Morgan fingerprint density at radius 2 is 1.80 bits per heavy atom. The normalized spacial score (nSPS) is 16.4. The van der Waals surface area contributed by atoms with Gasteiger partial charge in [-0.1, -0.05) is 30.9 Å². The van der Waals surface area contributed by atoms with Gasteiger partial charge in [0.15, 0.2) is 0 Å². The number of hydrogen-bond acceptors (Lipinski definition) is 2. The zero-order valence-electron chi connectivity index (χ0n) is 12.7. The van der Waals surface area contributed by atoms with Crippen molar-refractivity contribution < 1.29 is 4.74 Å². The molecule has 0 radical (unpaired) electrons. The van der Waals surface area contributed by atoms with Crippen LogP contribution < -0.4 is 10.1 Å². The molecule has 0 spiro atoms. The van der Waals surface area contributed by atoms with Crippen molar-refractivity contribution in [3.05, 3.63) is 28.3 Å². The van der Waals surface area contributed by atoms with Crippen LogP contribution in [0.1, 0.15) is 43.2 Å². The summed E-state index contributed by atoms with van der Waals surface area (Å²) in [6, 6.07) is 4.02. The van der Waals surface area contributed by atoms with Gasteiger partial charge in [0, 0.05) is 11.6 Å². The maximum atomic E-state index is 6.15. The van der Waals surface area contributed by atoms with E-state index in [9.17, 15) is 0 Å². The Morgan fingerprint density at radius 1 is 1.15 bits per heavy atom. The molecule has 1 aromatic carbocycles. The average Bonchev–Trinajstić information content (AvgIpc) is 2.45. The lowest BCUT2D eigenvalue weighted by Gasteiger charge is -2.21. The van der Waals surface area contributed by atoms with Crippen LogP contribution in [0.2, 0.25) is 5.02 Å². The van der Waals surface area contributed by atoms with Crippen LogP contribution >= 0.6 is 11.6 Å². The van der Waals surface area contributed by atoms with Gasteiger partial charge in [0.2, 0.25) is 0 Å². The number of rotatable bonds is 6. The summed E-state index contributed by atoms with van der Waals surface area (Å²) < 4.78 is 5.79. The van der Waals surface area contributed by atoms with E-state index in [2.05, 4.69) is 5.32 Å². The summed E-state index contributed by atoms with van der Waals surface area (Å²) in [4.78, 5) is 0. The fourth-order valence-electron chi connectivity index (χ4n) is 2.93. The van der Waals surface area contributed by atoms with Crippen LogP contribution in [0.15, 0.2) is 12.1 Å². The van der Waals surface area contributed by atoms with Crippen LogP contribution in [0.25, 0.3) is 0 Å². The Kier molecular flexibility index (Phi) is 6.18. The second-order valence-electron chi connectivity index (χ2n) is 5.93. The van der Waals surface area contributed by atoms with Gasteiger partial charge in [0.05, 0.1) is 0 Å². The van der Waals surface area contributed by atoms with Crippen molar-refractivity contribution in [1.29, 1.82) is 0 Å². The van der Waals surface area contributed by atoms with E-state index >= 15 is 0 Å². The highest BCUT2D eigenvalue weighted by Gasteiger charge is 2.12. The highest BCUT2D eigenvalue weighted by atomic mass is 35.5. The molecule has 3 heteroatoms. The van der Waals surface area contributed by atoms with E-state index in [0.717, 1.165) is 40.9 Å². The van der Waals surface area contributed by atoms with Gasteiger partial charge in [-0.15, -0.1) is 0 Å². The van der Waals surface area contributed by atoms with Crippen LogP contribution in [0.4, 0.5) is 0 Å². The summed E-state index contributed by atoms with van der Waals surface area (Å²) >= 11 is 6.15. The molecule has 0 heterocycles. The number of ether oxygens (including phenoxy) is 1. The molecule has 1 aliphatic carbocycles. The molecule has 1 saturated carbocycles. The minimum Gasteiger partial charge on any atom is -0.492 e. The van der Waals surface area contributed by atoms with E-state index in [4.69, 9.17) is 16.3 Å². The Bertz CT molecular complexity index is 404. The Balaban J connectivity index is 1.65. The lowest BCUT2D eigenvalue weighted by molar-refractivity contribution is 0.294. The Labute approximate surface area is 127 Å². The molecule has 2 rings (SSSR count). The number of halogens is 1. The summed E-state index contributed by atoms with van der Waals surface area (Å²) in [6.07, 6.45) is 7.03. The standard InChI is InChI=1S/C17H26ClNO/c1-13-10-16(11-14(2)17(13)18)20-9-8-19-12-15-6-4-3-5-7-15/h10-11,15,19H,3-9,12H2,1-2H3. The molecule has 1 aliphatic rings. The zero-order valence-corrected chi connectivity index (χ0v) is 13.4. The number of benzene rings is 1. The van der Waals surface area contributed by atoms with Crippen molar-refractivity contribution in [3.8, 4) is 5.75 Å². The molecular weight excluding hydrogens is 270 g/mol. The maximum absolute atomic E-state index is 6.15. The maximum Gasteiger partial charge on any atom is 0.119 e. The van der Waals surface area contributed by atoms with Crippen LogP contribution in [0.5, 0.6) is 5.75 Å². The molecule has 0 unspecified atom stereocenters. The quantitative estimate of drug-likeness (QED) is 0.780. The largest absolute Gasteiger partial charge is 0.492 e. The van der Waals surface area contributed by atoms with Crippen molar-refractivity contribution in [3.63, 3.8) is 0 Å². The predicted octanol–water partition coefficient (Wildman–Crippen LogP) is 4.51. The lowest BCUT2D eigenvalue weighted by Crippen LogP contribution is -2.28. The van der Waals surface area contributed by atoms with E-state index in [1.807, 2.05) is 26.0 Å². The topological polar surface area (TPSA) is 21.3 Å². The minimum atomic E-state index is 0.716. The highest BCUT2D eigenvalue weighted by Crippen LogP contribution is 2.26. The second kappa shape index (κ2) is 7.90. The summed E-state index contributed by atoms with van der Waals surface area (Å²) in [5, 5.41) is 4.36. The first-order valence-corrected chi connectivity index (χ1v) is 8.15. The summed E-state index contributed by atoms with van der Waals surface area (Å²) in [7, 11) is 0. The van der Waals surface area contributed by atoms with E-state index in [0.29, 0.717) is 6.61 Å². The smallest absolute Gasteiger partial charge is 0.119 e. The van der Waals surface area contributed by atoms with Gasteiger partial charge in [-0.2, -0.15) is 0 Å². The van der Waals surface area contributed by atoms with Gasteiger partial charge in [-0.05, 0) is 62.4 Å². The fourth-order valence-corrected chi connectivity index (χ4v) is 3.04. The Morgan fingerprint density at radius 3 is 2.45 bits per heavy atom. The molecule has 112 valence electrons. The van der Waals surface area contributed by atoms with Gasteiger partial charge in [0.25, 0.3) is 0 Å². The number of hydrogen-bond donors (Lipinski definition) is 1. The summed E-state index contributed by atoms with van der Waals surface area (Å²) in [6.45, 7) is 6.81. The van der Waals surface area contributed by atoms with E-state index < -0.39 is 0 Å². The van der Waals surface area contributed by atoms with Crippen molar-refractivity contribution in [2.45, 2.75) is 46.0 Å². The van der Waals surface area contributed by atoms with Gasteiger partial charge < -0.3 is 10.1 Å². The summed E-state index contributed by atoms with van der Waals surface area (Å²) in [5.74, 6) is 1.80. The predicted molar refractivity (Wildman–Crippen MR) is 85.9 cm³/mol. The van der Waals surface area contributed by atoms with Gasteiger partial charge >= 0.3 is 0 Å². The first-order chi connectivity index (χ1) is 9.66. The summed E-state index contributed by atoms with van der Waals surface area (Å²) in [5.41, 5.74) is 2.16. The average molecular weight is 296 g/mol. The molecule has 1 fully saturated rings. The molecule has 0 saturated heterocycles. The van der Waals surface area contributed by atoms with Crippen molar-refractivity contribution >= 4 is 11.6 Å². The lowest BCUT2D eigenvalue weighted by atomic mass is 9.89. The fraction of sp³-hybridized carbons (Fsp3) is 0.647. The molecule has 1 aromatic rings. The zero-order chi connectivity index (χ0) is 14.4. The third-order valence-electron chi connectivity index (χ3n) is 4.12. The van der Waals surface area contributed by atoms with Crippen molar-refractivity contribution in [2.75, 3.05) is 19.7 Å². The molecule has 0 aliphatic heterocycles. The molecule has 20 heavy (non-hydrogen) atoms. The van der Waals surface area contributed by atoms with Crippen LogP contribution in [-0.4, -0.2) is 19.7 Å². The third-order valence-corrected chi connectivity index (χ3v) is 4.71. The number of aryl methyl sites for hydroxylation is 2. The van der Waals surface area contributed by atoms with Crippen molar-refractivity contribution in [1.82, 2.24) is 5.32 Å². The van der Waals surface area contributed by atoms with Gasteiger partial charge in [-0.25, -0.2) is 0 Å². The van der Waals surface area contributed by atoms with E-state index in [1.54, 1.807) is 0 Å². The first kappa shape index (κ1) is 15.7. The number of nitrogens with one attached hydrogen (secondary N) is 1. The molecular formula is C17H26ClNO. The highest BCUT2D eigenvalue weighted by molar-refractivity contribution is 6.32. The Hall–Kier alpha value is -0.730. The second-order valence-corrected chi connectivity index (χ2v) is 6.31. The molecule has 0 amide bonds.